The molecule has 0 spiro atoms. The van der Waals surface area contributed by atoms with Crippen molar-refractivity contribution in [1.82, 2.24) is 10.2 Å². The van der Waals surface area contributed by atoms with Gasteiger partial charge in [-0.15, -0.1) is 0 Å². The minimum Gasteiger partial charge on any atom is -0.390 e. The van der Waals surface area contributed by atoms with Gasteiger partial charge in [0, 0.05) is 54.3 Å². The van der Waals surface area contributed by atoms with E-state index < -0.39 is 6.10 Å². The molecule has 2 saturated heterocycles. The van der Waals surface area contributed by atoms with Crippen LogP contribution in [0.25, 0.3) is 0 Å². The SMILES string of the molecule is CC1(C)CN(CC(O)C2Cc3ccccc3CN2)C(=O)c2ccc(N3C(=O)C4CCC3CC4)cc21. The highest BCUT2D eigenvalue weighted by molar-refractivity contribution is 6.00. The van der Waals surface area contributed by atoms with Crippen LogP contribution in [-0.4, -0.2) is 53.1 Å². The maximum atomic E-state index is 13.5. The second-order valence-electron chi connectivity index (χ2n) is 11.5. The van der Waals surface area contributed by atoms with Gasteiger partial charge in [-0.2, -0.15) is 0 Å². The van der Waals surface area contributed by atoms with Crippen molar-refractivity contribution in [2.24, 2.45) is 5.92 Å². The first-order valence-corrected chi connectivity index (χ1v) is 13.1. The first-order valence-electron chi connectivity index (χ1n) is 13.1. The predicted molar refractivity (Wildman–Crippen MR) is 135 cm³/mol. The van der Waals surface area contributed by atoms with Crippen molar-refractivity contribution < 1.29 is 14.7 Å². The summed E-state index contributed by atoms with van der Waals surface area (Å²) in [5.74, 6) is 0.370. The predicted octanol–water partition coefficient (Wildman–Crippen LogP) is 3.40. The summed E-state index contributed by atoms with van der Waals surface area (Å²) in [6, 6.07) is 14.5. The van der Waals surface area contributed by atoms with E-state index in [0.717, 1.165) is 49.9 Å². The lowest BCUT2D eigenvalue weighted by Gasteiger charge is -2.46. The summed E-state index contributed by atoms with van der Waals surface area (Å²) in [7, 11) is 0. The normalized spacial score (nSPS) is 28.0. The Labute approximate surface area is 207 Å². The minimum absolute atomic E-state index is 0.0346. The molecule has 7 rings (SSSR count). The van der Waals surface area contributed by atoms with Gasteiger partial charge in [-0.3, -0.25) is 9.59 Å². The van der Waals surface area contributed by atoms with E-state index in [2.05, 4.69) is 37.4 Å². The number of amides is 2. The van der Waals surface area contributed by atoms with Crippen LogP contribution in [-0.2, 0) is 23.2 Å². The van der Waals surface area contributed by atoms with E-state index in [9.17, 15) is 14.7 Å². The number of carbonyl (C=O) groups is 2. The Balaban J connectivity index is 1.22. The number of rotatable bonds is 4. The summed E-state index contributed by atoms with van der Waals surface area (Å²) < 4.78 is 0. The summed E-state index contributed by atoms with van der Waals surface area (Å²) in [6.07, 6.45) is 4.27. The number of piperidine rings is 2. The van der Waals surface area contributed by atoms with Crippen LogP contribution in [0.2, 0.25) is 0 Å². The molecule has 5 aliphatic rings. The van der Waals surface area contributed by atoms with Gasteiger partial charge in [0.2, 0.25) is 5.91 Å². The Kier molecular flexibility index (Phi) is 5.49. The fourth-order valence-electron chi connectivity index (χ4n) is 6.78. The molecule has 1 aliphatic carbocycles. The van der Waals surface area contributed by atoms with Crippen LogP contribution < -0.4 is 10.2 Å². The Hall–Kier alpha value is -2.70. The van der Waals surface area contributed by atoms with E-state index in [1.54, 1.807) is 0 Å². The van der Waals surface area contributed by atoms with Gasteiger partial charge in [0.1, 0.15) is 0 Å². The van der Waals surface area contributed by atoms with Crippen molar-refractivity contribution in [1.29, 1.82) is 0 Å². The van der Waals surface area contributed by atoms with E-state index >= 15 is 0 Å². The van der Waals surface area contributed by atoms with Crippen molar-refractivity contribution in [3.63, 3.8) is 0 Å². The molecule has 6 heteroatoms. The van der Waals surface area contributed by atoms with Crippen LogP contribution in [0, 0.1) is 5.92 Å². The third-order valence-corrected chi connectivity index (χ3v) is 8.75. The fourth-order valence-corrected chi connectivity index (χ4v) is 6.78. The Morgan fingerprint density at radius 3 is 2.54 bits per heavy atom. The number of nitrogens with zero attached hydrogens (tertiary/aromatic N) is 2. The van der Waals surface area contributed by atoms with Crippen molar-refractivity contribution in [3.05, 3.63) is 64.7 Å². The van der Waals surface area contributed by atoms with Gasteiger partial charge in [0.15, 0.2) is 0 Å². The average Bonchev–Trinajstić information content (AvgIpc) is 2.87. The molecule has 4 heterocycles. The van der Waals surface area contributed by atoms with Gasteiger partial charge >= 0.3 is 0 Å². The number of β-amino-alcohol motifs (C(OH)–C–C–N with tert-alkyl or cyclic N) is 1. The number of hydrogen-bond acceptors (Lipinski definition) is 4. The molecule has 35 heavy (non-hydrogen) atoms. The second-order valence-corrected chi connectivity index (χ2v) is 11.5. The molecule has 4 aliphatic heterocycles. The monoisotopic (exact) mass is 473 g/mol. The molecule has 1 saturated carbocycles. The van der Waals surface area contributed by atoms with Crippen LogP contribution in [0.5, 0.6) is 0 Å². The zero-order valence-corrected chi connectivity index (χ0v) is 20.7. The Bertz CT molecular complexity index is 1170. The van der Waals surface area contributed by atoms with E-state index in [-0.39, 0.29) is 35.2 Å². The number of anilines is 1. The molecule has 2 aromatic rings. The maximum Gasteiger partial charge on any atom is 0.254 e. The summed E-state index contributed by atoms with van der Waals surface area (Å²) >= 11 is 0. The molecule has 184 valence electrons. The third-order valence-electron chi connectivity index (χ3n) is 8.75. The zero-order valence-electron chi connectivity index (χ0n) is 20.7. The fraction of sp³-hybridized carbons (Fsp3) is 0.517. The van der Waals surface area contributed by atoms with Crippen molar-refractivity contribution >= 4 is 17.5 Å². The highest BCUT2D eigenvalue weighted by Crippen LogP contribution is 2.42. The van der Waals surface area contributed by atoms with Crippen molar-refractivity contribution in [3.8, 4) is 0 Å². The van der Waals surface area contributed by atoms with E-state index in [4.69, 9.17) is 0 Å². The quantitative estimate of drug-likeness (QED) is 0.714. The van der Waals surface area contributed by atoms with Crippen LogP contribution in [0.3, 0.4) is 0 Å². The Morgan fingerprint density at radius 1 is 1.06 bits per heavy atom. The van der Waals surface area contributed by atoms with E-state index in [1.807, 2.05) is 34.1 Å². The maximum absolute atomic E-state index is 13.5. The van der Waals surface area contributed by atoms with Gasteiger partial charge in [0.05, 0.1) is 6.10 Å². The molecular formula is C29H35N3O3. The summed E-state index contributed by atoms with van der Waals surface area (Å²) in [5.41, 5.74) is 4.89. The largest absolute Gasteiger partial charge is 0.390 e. The number of aliphatic hydroxyl groups excluding tert-OH is 1. The lowest BCUT2D eigenvalue weighted by atomic mass is 9.76. The zero-order chi connectivity index (χ0) is 24.3. The molecule has 2 amide bonds. The van der Waals surface area contributed by atoms with Gasteiger partial charge in [-0.1, -0.05) is 38.1 Å². The first-order chi connectivity index (χ1) is 16.8. The molecule has 2 N–H and O–H groups in total. The number of aliphatic hydroxyl groups is 1. The third kappa shape index (κ3) is 3.87. The van der Waals surface area contributed by atoms with Crippen LogP contribution in [0.1, 0.15) is 66.6 Å². The summed E-state index contributed by atoms with van der Waals surface area (Å²) in [5, 5.41) is 14.5. The Morgan fingerprint density at radius 2 is 1.80 bits per heavy atom. The van der Waals surface area contributed by atoms with Gasteiger partial charge in [0.25, 0.3) is 5.91 Å². The molecule has 0 aromatic heterocycles. The molecule has 2 bridgehead atoms. The van der Waals surface area contributed by atoms with E-state index in [1.165, 1.54) is 11.1 Å². The van der Waals surface area contributed by atoms with Gasteiger partial charge in [-0.25, -0.2) is 0 Å². The summed E-state index contributed by atoms with van der Waals surface area (Å²) in [4.78, 5) is 30.3. The summed E-state index contributed by atoms with van der Waals surface area (Å²) in [6.45, 7) is 5.89. The van der Waals surface area contributed by atoms with Crippen LogP contribution in [0.4, 0.5) is 5.69 Å². The van der Waals surface area contributed by atoms with Crippen LogP contribution in [0.15, 0.2) is 42.5 Å². The molecule has 2 atom stereocenters. The molecule has 3 fully saturated rings. The van der Waals surface area contributed by atoms with Crippen LogP contribution >= 0.6 is 0 Å². The van der Waals surface area contributed by atoms with Gasteiger partial charge < -0.3 is 20.2 Å². The number of benzene rings is 2. The lowest BCUT2D eigenvalue weighted by Crippen LogP contribution is -2.54. The van der Waals surface area contributed by atoms with E-state index in [0.29, 0.717) is 18.7 Å². The smallest absolute Gasteiger partial charge is 0.254 e. The number of nitrogens with one attached hydrogen (secondary N) is 1. The number of carbonyl (C=O) groups excluding carboxylic acids is 2. The minimum atomic E-state index is -0.648. The average molecular weight is 474 g/mol. The van der Waals surface area contributed by atoms with Gasteiger partial charge in [-0.05, 0) is 67.0 Å². The molecule has 6 nitrogen and oxygen atoms in total. The first kappa shape index (κ1) is 22.7. The highest BCUT2D eigenvalue weighted by atomic mass is 16.3. The topological polar surface area (TPSA) is 72.9 Å². The molecule has 0 radical (unpaired) electrons. The molecule has 2 aromatic carbocycles. The van der Waals surface area contributed by atoms with Crippen molar-refractivity contribution in [2.45, 2.75) is 76.1 Å². The molecule has 2 unspecified atom stereocenters. The molecular weight excluding hydrogens is 438 g/mol. The second kappa shape index (κ2) is 8.45. The van der Waals surface area contributed by atoms with Crippen molar-refractivity contribution in [2.75, 3.05) is 18.0 Å². The lowest BCUT2D eigenvalue weighted by molar-refractivity contribution is -0.126. The standard InChI is InChI=1S/C29H35N3O3/c1-29(2)17-31(16-26(33)25-13-19-5-3-4-6-20(19)15-30-25)28(35)23-12-11-22(14-24(23)29)32-21-9-7-18(8-10-21)27(32)34/h3-6,11-12,14,18,21,25-26,30,33H,7-10,13,15-17H2,1-2H3. The number of hydrogen-bond donors (Lipinski definition) is 2. The number of fused-ring (bicyclic) bond motifs is 5. The highest BCUT2D eigenvalue weighted by Gasteiger charge is 2.43.